The highest BCUT2D eigenvalue weighted by Crippen LogP contribution is 2.38. The second kappa shape index (κ2) is 2.92. The molecule has 1 unspecified atom stereocenters. The largest absolute Gasteiger partial charge is 0.366 e. The second-order valence-corrected chi connectivity index (χ2v) is 3.89. The molecule has 13 heavy (non-hydrogen) atoms. The number of fused-ring (bicyclic) bond motifs is 1. The Morgan fingerprint density at radius 3 is 2.62 bits per heavy atom. The van der Waals surface area contributed by atoms with Crippen molar-refractivity contribution < 1.29 is 20.7 Å². The summed E-state index contributed by atoms with van der Waals surface area (Å²) in [6.45, 7) is 5.31. The van der Waals surface area contributed by atoms with E-state index in [1.165, 1.54) is 0 Å². The Morgan fingerprint density at radius 2 is 2.00 bits per heavy atom. The fourth-order valence-corrected chi connectivity index (χ4v) is 1.88. The molecule has 0 aromatic rings. The fraction of sp³-hybridized carbons (Fsp3) is 1.00. The van der Waals surface area contributed by atoms with E-state index in [1.54, 1.807) is 20.8 Å². The third-order valence-electron chi connectivity index (χ3n) is 2.39. The van der Waals surface area contributed by atoms with Gasteiger partial charge in [0.15, 0.2) is 12.1 Å². The smallest absolute Gasteiger partial charge is 0.184 e. The Kier molecular flexibility index (Phi) is 1.83. The second-order valence-electron chi connectivity index (χ2n) is 3.89. The quantitative estimate of drug-likeness (QED) is 0.659. The van der Waals surface area contributed by atoms with E-state index in [2.05, 4.69) is 0 Å². The molecule has 0 aromatic heterocycles. The lowest BCUT2D eigenvalue weighted by atomic mass is 10.1. The molecule has 5 atom stereocenters. The van der Waals surface area contributed by atoms with Crippen LogP contribution in [0.15, 0.2) is 0 Å². The van der Waals surface area contributed by atoms with Crippen LogP contribution in [0.2, 0.25) is 0 Å². The van der Waals surface area contributed by atoms with Gasteiger partial charge in [-0.05, 0) is 20.2 Å². The molecule has 0 saturated carbocycles. The first-order valence-electron chi connectivity index (χ1n) is 5.10. The van der Waals surface area contributed by atoms with Gasteiger partial charge in [-0.2, -0.15) is 0 Å². The summed E-state index contributed by atoms with van der Waals surface area (Å²) in [5, 5.41) is 9.54. The van der Waals surface area contributed by atoms with Gasteiger partial charge in [0, 0.05) is 1.37 Å². The van der Waals surface area contributed by atoms with Crippen molar-refractivity contribution in [2.75, 3.05) is 0 Å². The average Bonchev–Trinajstić information content (AvgIpc) is 2.47. The summed E-state index contributed by atoms with van der Waals surface area (Å²) in [5.74, 6) is -0.687. The van der Waals surface area contributed by atoms with Crippen LogP contribution in [0.25, 0.3) is 0 Å². The molecule has 4 nitrogen and oxygen atoms in total. The van der Waals surface area contributed by atoms with E-state index in [-0.39, 0.29) is 6.10 Å². The summed E-state index contributed by atoms with van der Waals surface area (Å²) in [4.78, 5) is 0. The molecular weight excluding hydrogens is 172 g/mol. The summed E-state index contributed by atoms with van der Waals surface area (Å²) in [5.41, 5.74) is 0. The molecule has 0 radical (unpaired) electrons. The van der Waals surface area contributed by atoms with Gasteiger partial charge in [0.25, 0.3) is 0 Å². The molecule has 4 heteroatoms. The lowest BCUT2D eigenvalue weighted by Gasteiger charge is -2.21. The van der Waals surface area contributed by atoms with E-state index in [0.29, 0.717) is 0 Å². The van der Waals surface area contributed by atoms with Crippen molar-refractivity contribution in [1.29, 1.82) is 0 Å². The minimum absolute atomic E-state index is 0.326. The summed E-state index contributed by atoms with van der Waals surface area (Å²) in [7, 11) is 0. The highest BCUT2D eigenvalue weighted by atomic mass is 16.8. The minimum Gasteiger partial charge on any atom is -0.366 e. The lowest BCUT2D eigenvalue weighted by molar-refractivity contribution is -0.220. The molecule has 0 bridgehead atoms. The number of rotatable bonds is 1. The predicted octanol–water partition coefficient (Wildman–Crippen LogP) is 0.634. The molecule has 76 valence electrons. The molecule has 2 fully saturated rings. The zero-order chi connectivity index (χ0) is 10.5. The third-order valence-corrected chi connectivity index (χ3v) is 2.39. The molecule has 2 saturated heterocycles. The van der Waals surface area contributed by atoms with Gasteiger partial charge in [-0.1, -0.05) is 6.92 Å². The van der Waals surface area contributed by atoms with E-state index >= 15 is 0 Å². The van der Waals surface area contributed by atoms with Gasteiger partial charge in [0.1, 0.15) is 12.2 Å². The molecule has 2 aliphatic rings. The standard InChI is InChI=1S/C9H16O4/c1-4-5-6-7(8(10)11-5)13-9(2,3)12-6/h5-8,10H,4H2,1-3H3/t5-,6-,7?,8+/m0/s1/i4T/t4-,5-,6-,7?,8+. The monoisotopic (exact) mass is 190 g/mol. The summed E-state index contributed by atoms with van der Waals surface area (Å²) in [6.07, 6.45) is -2.59. The lowest BCUT2D eigenvalue weighted by Crippen LogP contribution is -2.29. The number of aliphatic hydroxyl groups excluding tert-OH is 1. The van der Waals surface area contributed by atoms with Gasteiger partial charge in [0.2, 0.25) is 0 Å². The molecule has 0 amide bonds. The first-order valence-corrected chi connectivity index (χ1v) is 4.52. The third kappa shape index (κ3) is 1.48. The van der Waals surface area contributed by atoms with E-state index < -0.39 is 30.7 Å². The van der Waals surface area contributed by atoms with Crippen LogP contribution in [-0.4, -0.2) is 35.5 Å². The highest BCUT2D eigenvalue weighted by Gasteiger charge is 2.54. The summed E-state index contributed by atoms with van der Waals surface area (Å²) >= 11 is 0. The maximum Gasteiger partial charge on any atom is 0.184 e. The normalized spacial score (nSPS) is 51.5. The number of aliphatic hydroxyl groups is 1. The number of hydrogen-bond donors (Lipinski definition) is 1. The molecule has 1 N–H and O–H groups in total. The molecule has 2 rings (SSSR count). The van der Waals surface area contributed by atoms with Gasteiger partial charge in [-0.3, -0.25) is 0 Å². The van der Waals surface area contributed by atoms with Crippen LogP contribution in [0, 0.1) is 0 Å². The van der Waals surface area contributed by atoms with Crippen molar-refractivity contribution in [2.24, 2.45) is 0 Å². The molecule has 2 aliphatic heterocycles. The zero-order valence-corrected chi connectivity index (χ0v) is 8.06. The predicted molar refractivity (Wildman–Crippen MR) is 45.0 cm³/mol. The Morgan fingerprint density at radius 1 is 1.38 bits per heavy atom. The Labute approximate surface area is 79.2 Å². The van der Waals surface area contributed by atoms with Crippen LogP contribution in [0.4, 0.5) is 0 Å². The Balaban J connectivity index is 2.15. The van der Waals surface area contributed by atoms with Crippen molar-refractivity contribution >= 4 is 0 Å². The van der Waals surface area contributed by atoms with Gasteiger partial charge < -0.3 is 19.3 Å². The van der Waals surface area contributed by atoms with Crippen LogP contribution in [-0.2, 0) is 14.2 Å². The van der Waals surface area contributed by atoms with Crippen molar-refractivity contribution in [3.8, 4) is 0 Å². The molecule has 2 heterocycles. The van der Waals surface area contributed by atoms with Gasteiger partial charge in [0.05, 0.1) is 6.10 Å². The maximum absolute atomic E-state index is 9.54. The molecule has 0 spiro atoms. The van der Waals surface area contributed by atoms with Gasteiger partial charge >= 0.3 is 0 Å². The minimum atomic E-state index is -0.973. The van der Waals surface area contributed by atoms with Crippen molar-refractivity contribution in [1.82, 2.24) is 0 Å². The fourth-order valence-electron chi connectivity index (χ4n) is 1.88. The first-order chi connectivity index (χ1) is 6.41. The topological polar surface area (TPSA) is 47.9 Å². The zero-order valence-electron chi connectivity index (χ0n) is 9.06. The first kappa shape index (κ1) is 8.17. The summed E-state index contributed by atoms with van der Waals surface area (Å²) in [6, 6.07) is 0. The molecule has 0 aliphatic carbocycles. The maximum atomic E-state index is 9.54. The van der Waals surface area contributed by atoms with Crippen LogP contribution < -0.4 is 0 Å². The van der Waals surface area contributed by atoms with E-state index in [0.717, 1.165) is 0 Å². The van der Waals surface area contributed by atoms with E-state index in [4.69, 9.17) is 15.6 Å². The molecular formula is C9H16O4. The number of hydrogen-bond acceptors (Lipinski definition) is 4. The van der Waals surface area contributed by atoms with E-state index in [9.17, 15) is 5.11 Å². The van der Waals surface area contributed by atoms with Crippen LogP contribution >= 0.6 is 0 Å². The SMILES string of the molecule is [3H][C@@H](C)[C@@H]1O[C@@H](O)C2OC(C)(C)O[C@H]21. The van der Waals surface area contributed by atoms with Gasteiger partial charge in [-0.25, -0.2) is 0 Å². The van der Waals surface area contributed by atoms with Gasteiger partial charge in [-0.15, -0.1) is 0 Å². The summed E-state index contributed by atoms with van der Waals surface area (Å²) < 4.78 is 23.8. The van der Waals surface area contributed by atoms with Crippen LogP contribution in [0.3, 0.4) is 0 Å². The van der Waals surface area contributed by atoms with Crippen molar-refractivity contribution in [2.45, 2.75) is 57.6 Å². The number of ether oxygens (including phenoxy) is 3. The molecule has 0 aromatic carbocycles. The Bertz CT molecular complexity index is 229. The van der Waals surface area contributed by atoms with Crippen LogP contribution in [0.5, 0.6) is 0 Å². The average molecular weight is 190 g/mol. The van der Waals surface area contributed by atoms with Crippen LogP contribution in [0.1, 0.15) is 28.5 Å². The van der Waals surface area contributed by atoms with Crippen molar-refractivity contribution in [3.63, 3.8) is 0 Å². The Hall–Kier alpha value is -0.160. The highest BCUT2D eigenvalue weighted by molar-refractivity contribution is 4.93. The van der Waals surface area contributed by atoms with Crippen molar-refractivity contribution in [3.05, 3.63) is 0 Å². The van der Waals surface area contributed by atoms with E-state index in [1.807, 2.05) is 0 Å².